The summed E-state index contributed by atoms with van der Waals surface area (Å²) in [6.07, 6.45) is 3.39. The number of likely N-dealkylation sites (N-methyl/N-ethyl adjacent to an activating group) is 1. The van der Waals surface area contributed by atoms with Crippen LogP contribution in [0.15, 0.2) is 4.79 Å². The second-order valence-corrected chi connectivity index (χ2v) is 7.77. The van der Waals surface area contributed by atoms with Crippen LogP contribution in [0.4, 0.5) is 0 Å². The molecule has 0 saturated heterocycles. The van der Waals surface area contributed by atoms with Crippen molar-refractivity contribution in [2.45, 2.75) is 39.0 Å². The van der Waals surface area contributed by atoms with Gasteiger partial charge in [-0.1, -0.05) is 6.92 Å². The number of fused-ring (bicyclic) bond motifs is 3. The number of amides is 1. The highest BCUT2D eigenvalue weighted by atomic mass is 32.1. The highest BCUT2D eigenvalue weighted by Gasteiger charge is 2.23. The van der Waals surface area contributed by atoms with Gasteiger partial charge in [0.2, 0.25) is 5.91 Å². The summed E-state index contributed by atoms with van der Waals surface area (Å²) in [6.45, 7) is 1.88. The molecule has 8 heteroatoms. The zero-order valence-electron chi connectivity index (χ0n) is 14.3. The molecule has 7 nitrogen and oxygen atoms in total. The predicted octanol–water partition coefficient (Wildman–Crippen LogP) is 1.58. The number of carbonyl (C=O) groups is 2. The Morgan fingerprint density at radius 3 is 2.92 bits per heavy atom. The van der Waals surface area contributed by atoms with E-state index in [0.717, 1.165) is 34.6 Å². The van der Waals surface area contributed by atoms with E-state index in [-0.39, 0.29) is 30.9 Å². The summed E-state index contributed by atoms with van der Waals surface area (Å²) in [5.41, 5.74) is 0.995. The van der Waals surface area contributed by atoms with E-state index in [1.165, 1.54) is 11.9 Å². The third-order valence-corrected chi connectivity index (χ3v) is 5.74. The molecule has 25 heavy (non-hydrogen) atoms. The third kappa shape index (κ3) is 3.73. The van der Waals surface area contributed by atoms with Crippen LogP contribution in [-0.4, -0.2) is 45.4 Å². The van der Waals surface area contributed by atoms with Gasteiger partial charge in [0.05, 0.1) is 5.39 Å². The van der Waals surface area contributed by atoms with Crippen LogP contribution in [0.3, 0.4) is 0 Å². The molecule has 2 N–H and O–H groups in total. The van der Waals surface area contributed by atoms with Crippen LogP contribution in [0.5, 0.6) is 0 Å². The lowest BCUT2D eigenvalue weighted by Crippen LogP contribution is -2.32. The fraction of sp³-hybridized carbons (Fsp3) is 0.529. The minimum Gasteiger partial charge on any atom is -0.480 e. The van der Waals surface area contributed by atoms with Gasteiger partial charge in [-0.3, -0.25) is 14.4 Å². The lowest BCUT2D eigenvalue weighted by atomic mass is 9.89. The summed E-state index contributed by atoms with van der Waals surface area (Å²) in [6, 6.07) is 0. The molecule has 1 unspecified atom stereocenters. The van der Waals surface area contributed by atoms with Gasteiger partial charge in [0.15, 0.2) is 0 Å². The zero-order valence-corrected chi connectivity index (χ0v) is 15.1. The second-order valence-electron chi connectivity index (χ2n) is 6.69. The van der Waals surface area contributed by atoms with Gasteiger partial charge in [0, 0.05) is 24.8 Å². The highest BCUT2D eigenvalue weighted by molar-refractivity contribution is 7.18. The molecule has 0 radical (unpaired) electrons. The highest BCUT2D eigenvalue weighted by Crippen LogP contribution is 2.35. The van der Waals surface area contributed by atoms with Crippen molar-refractivity contribution >= 4 is 33.4 Å². The van der Waals surface area contributed by atoms with Gasteiger partial charge >= 0.3 is 5.97 Å². The molecule has 0 spiro atoms. The number of aliphatic carboxylic acids is 1. The number of nitrogens with one attached hydrogen (secondary N) is 1. The first-order valence-electron chi connectivity index (χ1n) is 8.34. The Hall–Kier alpha value is -2.22. The number of aryl methyl sites for hydroxylation is 2. The SMILES string of the molecule is CC1CCc2c(sc3nc(CCC(=O)N(C)CC(=O)O)[nH]c(=O)c23)C1. The van der Waals surface area contributed by atoms with Crippen LogP contribution in [0.1, 0.15) is 36.0 Å². The van der Waals surface area contributed by atoms with Crippen LogP contribution in [0, 0.1) is 5.92 Å². The summed E-state index contributed by atoms with van der Waals surface area (Å²) >= 11 is 1.58. The van der Waals surface area contributed by atoms with E-state index in [9.17, 15) is 14.4 Å². The molecule has 2 aromatic heterocycles. The van der Waals surface area contributed by atoms with Crippen molar-refractivity contribution in [1.82, 2.24) is 14.9 Å². The number of carboxylic acid groups (broad SMARTS) is 1. The average Bonchev–Trinajstić information content (AvgIpc) is 2.89. The van der Waals surface area contributed by atoms with E-state index in [4.69, 9.17) is 5.11 Å². The van der Waals surface area contributed by atoms with E-state index >= 15 is 0 Å². The number of carbonyl (C=O) groups excluding carboxylic acids is 1. The van der Waals surface area contributed by atoms with Crippen molar-refractivity contribution in [2.75, 3.05) is 13.6 Å². The van der Waals surface area contributed by atoms with Crippen molar-refractivity contribution in [2.24, 2.45) is 5.92 Å². The summed E-state index contributed by atoms with van der Waals surface area (Å²) in [4.78, 5) is 45.5. The fourth-order valence-corrected chi connectivity index (χ4v) is 4.62. The van der Waals surface area contributed by atoms with Crippen molar-refractivity contribution in [1.29, 1.82) is 0 Å². The molecule has 3 rings (SSSR count). The van der Waals surface area contributed by atoms with Crippen molar-refractivity contribution in [3.05, 3.63) is 26.6 Å². The average molecular weight is 363 g/mol. The van der Waals surface area contributed by atoms with Crippen molar-refractivity contribution in [3.8, 4) is 0 Å². The Bertz CT molecular complexity index is 886. The Kier molecular flexibility index (Phi) is 4.89. The van der Waals surface area contributed by atoms with E-state index in [1.54, 1.807) is 11.3 Å². The molecule has 2 heterocycles. The monoisotopic (exact) mass is 363 g/mol. The molecule has 0 aliphatic heterocycles. The number of nitrogens with zero attached hydrogens (tertiary/aromatic N) is 2. The lowest BCUT2D eigenvalue weighted by molar-refractivity contribution is -0.143. The normalized spacial score (nSPS) is 16.6. The van der Waals surface area contributed by atoms with Crippen LogP contribution in [0.25, 0.3) is 10.2 Å². The van der Waals surface area contributed by atoms with Gasteiger partial charge in [-0.05, 0) is 30.7 Å². The number of hydrogen-bond acceptors (Lipinski definition) is 5. The smallest absolute Gasteiger partial charge is 0.323 e. The van der Waals surface area contributed by atoms with Gasteiger partial charge < -0.3 is 15.0 Å². The van der Waals surface area contributed by atoms with Crippen molar-refractivity contribution in [3.63, 3.8) is 0 Å². The van der Waals surface area contributed by atoms with Gasteiger partial charge in [-0.2, -0.15) is 0 Å². The molecule has 1 atom stereocenters. The molecule has 0 aromatic carbocycles. The number of aromatic amines is 1. The molecule has 0 bridgehead atoms. The molecule has 134 valence electrons. The zero-order chi connectivity index (χ0) is 18.1. The summed E-state index contributed by atoms with van der Waals surface area (Å²) in [5, 5.41) is 9.42. The minimum absolute atomic E-state index is 0.111. The number of H-pyrrole nitrogens is 1. The Balaban J connectivity index is 1.79. The Morgan fingerprint density at radius 1 is 1.44 bits per heavy atom. The summed E-state index contributed by atoms with van der Waals surface area (Å²) < 4.78 is 0. The van der Waals surface area contributed by atoms with Crippen LogP contribution < -0.4 is 5.56 Å². The Labute approximate surface area is 148 Å². The van der Waals surface area contributed by atoms with Gasteiger partial charge in [-0.15, -0.1) is 11.3 Å². The maximum atomic E-state index is 12.5. The molecule has 1 aliphatic carbocycles. The largest absolute Gasteiger partial charge is 0.480 e. The Morgan fingerprint density at radius 2 is 2.20 bits per heavy atom. The van der Waals surface area contributed by atoms with E-state index in [2.05, 4.69) is 16.9 Å². The van der Waals surface area contributed by atoms with Gasteiger partial charge in [0.1, 0.15) is 17.2 Å². The summed E-state index contributed by atoms with van der Waals surface area (Å²) in [7, 11) is 1.45. The van der Waals surface area contributed by atoms with Gasteiger partial charge in [0.25, 0.3) is 5.56 Å². The quantitative estimate of drug-likeness (QED) is 0.839. The molecule has 0 fully saturated rings. The number of aromatic nitrogens is 2. The van der Waals surface area contributed by atoms with E-state index in [0.29, 0.717) is 17.1 Å². The second kappa shape index (κ2) is 6.95. The number of carboxylic acids is 1. The van der Waals surface area contributed by atoms with Gasteiger partial charge in [-0.25, -0.2) is 4.98 Å². The molecular weight excluding hydrogens is 342 g/mol. The fourth-order valence-electron chi connectivity index (χ4n) is 3.22. The van der Waals surface area contributed by atoms with E-state index in [1.807, 2.05) is 0 Å². The molecular formula is C17H21N3O4S. The summed E-state index contributed by atoms with van der Waals surface area (Å²) in [5.74, 6) is -0.241. The predicted molar refractivity (Wildman–Crippen MR) is 95.0 cm³/mol. The first kappa shape index (κ1) is 17.6. The topological polar surface area (TPSA) is 103 Å². The number of hydrogen-bond donors (Lipinski definition) is 2. The number of thiophene rings is 1. The van der Waals surface area contributed by atoms with Crippen LogP contribution in [-0.2, 0) is 28.9 Å². The third-order valence-electron chi connectivity index (χ3n) is 4.59. The van der Waals surface area contributed by atoms with Crippen LogP contribution in [0.2, 0.25) is 0 Å². The standard InChI is InChI=1S/C17H21N3O4S/c1-9-3-4-10-11(7-9)25-17-15(10)16(24)18-12(19-17)5-6-13(21)20(2)8-14(22)23/h9H,3-8H2,1-2H3,(H,22,23)(H,18,19,24). The maximum Gasteiger partial charge on any atom is 0.323 e. The lowest BCUT2D eigenvalue weighted by Gasteiger charge is -2.17. The van der Waals surface area contributed by atoms with Crippen molar-refractivity contribution < 1.29 is 14.7 Å². The molecule has 2 aromatic rings. The molecule has 1 amide bonds. The molecule has 0 saturated carbocycles. The maximum absolute atomic E-state index is 12.5. The number of rotatable bonds is 5. The first-order chi connectivity index (χ1) is 11.8. The molecule has 1 aliphatic rings. The first-order valence-corrected chi connectivity index (χ1v) is 9.16. The van der Waals surface area contributed by atoms with E-state index < -0.39 is 5.97 Å². The minimum atomic E-state index is -1.05. The van der Waals surface area contributed by atoms with Crippen LogP contribution >= 0.6 is 11.3 Å².